The number of rotatable bonds is 5. The van der Waals surface area contributed by atoms with Gasteiger partial charge in [-0.1, -0.05) is 13.8 Å². The molecular weight excluding hydrogens is 252 g/mol. The Hall–Kier alpha value is -1.36. The van der Waals surface area contributed by atoms with Gasteiger partial charge in [0.25, 0.3) is 0 Å². The van der Waals surface area contributed by atoms with Crippen molar-refractivity contribution in [3.8, 4) is 0 Å². The quantitative estimate of drug-likeness (QED) is 0.891. The minimum Gasteiger partial charge on any atom is -0.343 e. The van der Waals surface area contributed by atoms with E-state index in [9.17, 15) is 4.79 Å². The summed E-state index contributed by atoms with van der Waals surface area (Å²) in [5.74, 6) is 0.689. The summed E-state index contributed by atoms with van der Waals surface area (Å²) in [7, 11) is 0. The van der Waals surface area contributed by atoms with Crippen molar-refractivity contribution in [2.45, 2.75) is 52.7 Å². The van der Waals surface area contributed by atoms with Crippen LogP contribution in [0.2, 0.25) is 0 Å². The molecule has 0 unspecified atom stereocenters. The van der Waals surface area contributed by atoms with Gasteiger partial charge >= 0.3 is 0 Å². The van der Waals surface area contributed by atoms with Crippen molar-refractivity contribution in [1.29, 1.82) is 0 Å². The number of aromatic nitrogens is 2. The van der Waals surface area contributed by atoms with Gasteiger partial charge in [0.2, 0.25) is 5.91 Å². The van der Waals surface area contributed by atoms with Gasteiger partial charge in [-0.25, -0.2) is 0 Å². The second kappa shape index (κ2) is 6.88. The lowest BCUT2D eigenvalue weighted by Gasteiger charge is -2.37. The Morgan fingerprint density at radius 1 is 1.55 bits per heavy atom. The zero-order valence-electron chi connectivity index (χ0n) is 12.8. The van der Waals surface area contributed by atoms with Gasteiger partial charge in [-0.3, -0.25) is 9.48 Å². The van der Waals surface area contributed by atoms with Crippen molar-refractivity contribution in [2.24, 2.45) is 5.92 Å². The first-order chi connectivity index (χ1) is 9.60. The number of nitrogens with one attached hydrogen (secondary N) is 1. The van der Waals surface area contributed by atoms with Crippen LogP contribution in [0.4, 0.5) is 0 Å². The summed E-state index contributed by atoms with van der Waals surface area (Å²) in [4.78, 5) is 13.3. The molecule has 1 saturated heterocycles. The molecule has 1 fully saturated rings. The summed E-state index contributed by atoms with van der Waals surface area (Å²) in [5.41, 5.74) is 1.24. The minimum absolute atomic E-state index is 0.191. The number of hydrogen-bond acceptors (Lipinski definition) is 3. The molecule has 1 aliphatic rings. The third-order valence-electron chi connectivity index (χ3n) is 4.06. The van der Waals surface area contributed by atoms with Gasteiger partial charge in [-0.2, -0.15) is 5.10 Å². The Morgan fingerprint density at radius 3 is 3.00 bits per heavy atom. The molecular formula is C15H26N4O. The molecule has 2 atom stereocenters. The summed E-state index contributed by atoms with van der Waals surface area (Å²) >= 11 is 0. The first-order valence-corrected chi connectivity index (χ1v) is 7.60. The first kappa shape index (κ1) is 15.0. The third-order valence-corrected chi connectivity index (χ3v) is 4.06. The molecule has 5 heteroatoms. The van der Waals surface area contributed by atoms with E-state index in [4.69, 9.17) is 0 Å². The molecule has 1 aliphatic heterocycles. The first-order valence-electron chi connectivity index (χ1n) is 7.60. The van der Waals surface area contributed by atoms with Crippen molar-refractivity contribution in [3.63, 3.8) is 0 Å². The molecule has 1 N–H and O–H groups in total. The standard InChI is InChI=1S/C15H26N4O/c1-4-6-19-11-14(9-17-19)8-16-15-5-7-18(13(3)20)10-12(15)2/h9,11-12,15-16H,4-8,10H2,1-3H3/t12-,15-/m1/s1. The van der Waals surface area contributed by atoms with Gasteiger partial charge in [0, 0.05) is 50.9 Å². The van der Waals surface area contributed by atoms with E-state index in [1.54, 1.807) is 6.92 Å². The van der Waals surface area contributed by atoms with Crippen LogP contribution in [0.1, 0.15) is 39.2 Å². The molecule has 0 radical (unpaired) electrons. The molecule has 2 rings (SSSR count). The number of aryl methyl sites for hydroxylation is 1. The summed E-state index contributed by atoms with van der Waals surface area (Å²) in [5, 5.41) is 7.96. The summed E-state index contributed by atoms with van der Waals surface area (Å²) in [6.07, 6.45) is 6.20. The molecule has 1 amide bonds. The maximum Gasteiger partial charge on any atom is 0.219 e. The predicted molar refractivity (Wildman–Crippen MR) is 79.2 cm³/mol. The number of amides is 1. The summed E-state index contributed by atoms with van der Waals surface area (Å²) in [6.45, 7) is 9.60. The lowest BCUT2D eigenvalue weighted by molar-refractivity contribution is -0.130. The molecule has 20 heavy (non-hydrogen) atoms. The fourth-order valence-electron chi connectivity index (χ4n) is 2.83. The second-order valence-corrected chi connectivity index (χ2v) is 5.83. The van der Waals surface area contributed by atoms with Crippen molar-refractivity contribution >= 4 is 5.91 Å². The van der Waals surface area contributed by atoms with Crippen molar-refractivity contribution in [2.75, 3.05) is 13.1 Å². The van der Waals surface area contributed by atoms with E-state index >= 15 is 0 Å². The molecule has 2 heterocycles. The molecule has 1 aromatic heterocycles. The highest BCUT2D eigenvalue weighted by Gasteiger charge is 2.26. The number of carbonyl (C=O) groups is 1. The number of piperidine rings is 1. The molecule has 0 saturated carbocycles. The van der Waals surface area contributed by atoms with Crippen LogP contribution < -0.4 is 5.32 Å². The van der Waals surface area contributed by atoms with Gasteiger partial charge in [0.1, 0.15) is 0 Å². The Bertz CT molecular complexity index is 443. The van der Waals surface area contributed by atoms with Crippen molar-refractivity contribution in [1.82, 2.24) is 20.0 Å². The molecule has 112 valence electrons. The fraction of sp³-hybridized carbons (Fsp3) is 0.733. The summed E-state index contributed by atoms with van der Waals surface area (Å²) < 4.78 is 2.00. The van der Waals surface area contributed by atoms with Crippen molar-refractivity contribution in [3.05, 3.63) is 18.0 Å². The fourth-order valence-corrected chi connectivity index (χ4v) is 2.83. The van der Waals surface area contributed by atoms with Gasteiger partial charge in [-0.05, 0) is 18.8 Å². The maximum atomic E-state index is 11.4. The van der Waals surface area contributed by atoms with Crippen molar-refractivity contribution < 1.29 is 4.79 Å². The SMILES string of the molecule is CCCn1cc(CN[C@@H]2CCN(C(C)=O)C[C@H]2C)cn1. The molecule has 1 aromatic rings. The molecule has 5 nitrogen and oxygen atoms in total. The van der Waals surface area contributed by atoms with E-state index in [0.717, 1.165) is 39.0 Å². The van der Waals surface area contributed by atoms with E-state index in [0.29, 0.717) is 12.0 Å². The van der Waals surface area contributed by atoms with E-state index in [-0.39, 0.29) is 5.91 Å². The number of likely N-dealkylation sites (tertiary alicyclic amines) is 1. The van der Waals surface area contributed by atoms with Gasteiger partial charge < -0.3 is 10.2 Å². The van der Waals surface area contributed by atoms with Crippen LogP contribution in [-0.4, -0.2) is 39.7 Å². The highest BCUT2D eigenvalue weighted by molar-refractivity contribution is 5.73. The van der Waals surface area contributed by atoms with Crippen LogP contribution in [0, 0.1) is 5.92 Å². The average molecular weight is 278 g/mol. The topological polar surface area (TPSA) is 50.2 Å². The van der Waals surface area contributed by atoms with Crippen LogP contribution in [0.25, 0.3) is 0 Å². The van der Waals surface area contributed by atoms with Crippen LogP contribution in [0.3, 0.4) is 0 Å². The Kier molecular flexibility index (Phi) is 5.17. The summed E-state index contributed by atoms with van der Waals surface area (Å²) in [6, 6.07) is 0.486. The highest BCUT2D eigenvalue weighted by Crippen LogP contribution is 2.17. The lowest BCUT2D eigenvalue weighted by Crippen LogP contribution is -2.49. The van der Waals surface area contributed by atoms with Gasteiger partial charge in [-0.15, -0.1) is 0 Å². The van der Waals surface area contributed by atoms with Crippen LogP contribution in [0.5, 0.6) is 0 Å². The zero-order chi connectivity index (χ0) is 14.5. The molecule has 0 aliphatic carbocycles. The van der Waals surface area contributed by atoms with E-state index in [1.165, 1.54) is 5.56 Å². The molecule has 0 spiro atoms. The van der Waals surface area contributed by atoms with E-state index in [1.807, 2.05) is 15.8 Å². The number of nitrogens with zero attached hydrogens (tertiary/aromatic N) is 3. The van der Waals surface area contributed by atoms with Gasteiger partial charge in [0.15, 0.2) is 0 Å². The van der Waals surface area contributed by atoms with Crippen LogP contribution >= 0.6 is 0 Å². The second-order valence-electron chi connectivity index (χ2n) is 5.83. The molecule has 0 aromatic carbocycles. The molecule has 0 bridgehead atoms. The highest BCUT2D eigenvalue weighted by atomic mass is 16.2. The minimum atomic E-state index is 0.191. The number of hydrogen-bond donors (Lipinski definition) is 1. The number of carbonyl (C=O) groups excluding carboxylic acids is 1. The Labute approximate surface area is 121 Å². The Morgan fingerprint density at radius 2 is 2.35 bits per heavy atom. The normalized spacial score (nSPS) is 23.1. The average Bonchev–Trinajstić information content (AvgIpc) is 2.85. The lowest BCUT2D eigenvalue weighted by atomic mass is 9.93. The predicted octanol–water partition coefficient (Wildman–Crippen LogP) is 1.64. The Balaban J connectivity index is 1.80. The maximum absolute atomic E-state index is 11.4. The van der Waals surface area contributed by atoms with Crippen LogP contribution in [-0.2, 0) is 17.9 Å². The van der Waals surface area contributed by atoms with Crippen LogP contribution in [0.15, 0.2) is 12.4 Å². The smallest absolute Gasteiger partial charge is 0.219 e. The third kappa shape index (κ3) is 3.82. The van der Waals surface area contributed by atoms with E-state index in [2.05, 4.69) is 30.5 Å². The van der Waals surface area contributed by atoms with E-state index < -0.39 is 0 Å². The zero-order valence-corrected chi connectivity index (χ0v) is 12.8. The monoisotopic (exact) mass is 278 g/mol. The largest absolute Gasteiger partial charge is 0.343 e. The van der Waals surface area contributed by atoms with Gasteiger partial charge in [0.05, 0.1) is 6.20 Å².